The number of carbonyl (C=O) groups is 1. The molecule has 1 saturated carbocycles. The minimum atomic E-state index is -0.527. The molecule has 2 rings (SSSR count). The number of hydrogen-bond donors (Lipinski definition) is 2. The van der Waals surface area contributed by atoms with Crippen LogP contribution in [0.15, 0.2) is 24.3 Å². The van der Waals surface area contributed by atoms with E-state index in [0.717, 1.165) is 77.0 Å². The fraction of sp³-hybridized carbons (Fsp3) is 0.783. The highest BCUT2D eigenvalue weighted by Crippen LogP contribution is 2.44. The third kappa shape index (κ3) is 6.66. The van der Waals surface area contributed by atoms with Crippen LogP contribution in [0.4, 0.5) is 0 Å². The fourth-order valence-electron chi connectivity index (χ4n) is 4.20. The molecular weight excluding hydrogens is 324 g/mol. The van der Waals surface area contributed by atoms with Gasteiger partial charge in [-0.15, -0.1) is 0 Å². The summed E-state index contributed by atoms with van der Waals surface area (Å²) in [5.41, 5.74) is -0.527. The molecule has 1 fully saturated rings. The van der Waals surface area contributed by atoms with E-state index in [1.54, 1.807) is 6.08 Å². The molecule has 0 spiro atoms. The van der Waals surface area contributed by atoms with Crippen molar-refractivity contribution in [3.8, 4) is 0 Å². The maximum absolute atomic E-state index is 12.2. The normalized spacial score (nSPS) is 25.3. The molecule has 3 heteroatoms. The van der Waals surface area contributed by atoms with E-state index in [-0.39, 0.29) is 24.2 Å². The van der Waals surface area contributed by atoms with E-state index in [4.69, 9.17) is 5.11 Å². The smallest absolute Gasteiger partial charge is 0.159 e. The summed E-state index contributed by atoms with van der Waals surface area (Å²) >= 11 is 0. The monoisotopic (exact) mass is 362 g/mol. The predicted octanol–water partition coefficient (Wildman–Crippen LogP) is 4.97. The van der Waals surface area contributed by atoms with Gasteiger partial charge in [-0.2, -0.15) is 0 Å². The first-order valence-corrected chi connectivity index (χ1v) is 10.8. The van der Waals surface area contributed by atoms with E-state index in [1.807, 2.05) is 6.08 Å². The molecule has 3 atom stereocenters. The van der Waals surface area contributed by atoms with Crippen LogP contribution >= 0.6 is 0 Å². The molecule has 1 unspecified atom stereocenters. The summed E-state index contributed by atoms with van der Waals surface area (Å²) in [6.45, 7) is 2.45. The number of carbonyl (C=O) groups excluding carboxylic acids is 1. The van der Waals surface area contributed by atoms with E-state index < -0.39 is 5.60 Å². The van der Waals surface area contributed by atoms with Gasteiger partial charge in [0.1, 0.15) is 0 Å². The van der Waals surface area contributed by atoms with Crippen LogP contribution in [0, 0.1) is 17.8 Å². The molecule has 2 aliphatic carbocycles. The summed E-state index contributed by atoms with van der Waals surface area (Å²) < 4.78 is 0. The Morgan fingerprint density at radius 2 is 1.88 bits per heavy atom. The van der Waals surface area contributed by atoms with Gasteiger partial charge in [0.05, 0.1) is 5.60 Å². The van der Waals surface area contributed by atoms with Gasteiger partial charge in [-0.3, -0.25) is 4.79 Å². The number of ketones is 1. The molecule has 2 aliphatic rings. The molecule has 148 valence electrons. The van der Waals surface area contributed by atoms with Gasteiger partial charge in [-0.05, 0) is 50.5 Å². The Morgan fingerprint density at radius 3 is 2.58 bits per heavy atom. The van der Waals surface area contributed by atoms with Crippen LogP contribution in [-0.2, 0) is 4.79 Å². The first-order chi connectivity index (χ1) is 12.6. The number of allylic oxidation sites excluding steroid dienone is 3. The zero-order chi connectivity index (χ0) is 18.8. The van der Waals surface area contributed by atoms with Crippen LogP contribution in [0.25, 0.3) is 0 Å². The molecular formula is C23H38O3. The van der Waals surface area contributed by atoms with Crippen molar-refractivity contribution in [2.45, 2.75) is 89.6 Å². The second-order valence-electron chi connectivity index (χ2n) is 8.34. The van der Waals surface area contributed by atoms with E-state index >= 15 is 0 Å². The third-order valence-corrected chi connectivity index (χ3v) is 6.12. The van der Waals surface area contributed by atoms with Crippen LogP contribution < -0.4 is 0 Å². The number of aliphatic hydroxyl groups excluding tert-OH is 1. The number of unbranched alkanes of at least 4 members (excludes halogenated alkanes) is 5. The number of hydrogen-bond acceptors (Lipinski definition) is 3. The quantitative estimate of drug-likeness (QED) is 0.339. The van der Waals surface area contributed by atoms with Gasteiger partial charge in [-0.25, -0.2) is 0 Å². The molecule has 0 aromatic rings. The zero-order valence-electron chi connectivity index (χ0n) is 16.5. The molecule has 0 aromatic carbocycles. The Hall–Kier alpha value is -0.930. The molecule has 0 heterocycles. The Kier molecular flexibility index (Phi) is 9.07. The van der Waals surface area contributed by atoms with Gasteiger partial charge in [0.2, 0.25) is 0 Å². The van der Waals surface area contributed by atoms with Crippen molar-refractivity contribution in [3.63, 3.8) is 0 Å². The van der Waals surface area contributed by atoms with Gasteiger partial charge in [-0.1, -0.05) is 63.7 Å². The van der Waals surface area contributed by atoms with Crippen LogP contribution in [0.5, 0.6) is 0 Å². The molecule has 0 amide bonds. The first-order valence-electron chi connectivity index (χ1n) is 10.8. The summed E-state index contributed by atoms with van der Waals surface area (Å²) in [5.74, 6) is 1.04. The van der Waals surface area contributed by atoms with E-state index in [1.165, 1.54) is 0 Å². The van der Waals surface area contributed by atoms with E-state index in [0.29, 0.717) is 5.92 Å². The molecule has 0 bridgehead atoms. The van der Waals surface area contributed by atoms with E-state index in [2.05, 4.69) is 19.1 Å². The number of rotatable bonds is 14. The van der Waals surface area contributed by atoms with Crippen molar-refractivity contribution >= 4 is 5.78 Å². The van der Waals surface area contributed by atoms with Gasteiger partial charge in [0.15, 0.2) is 5.78 Å². The standard InChI is InChI=1S/C23H38O3/c1-2-3-16-23(26,20-13-14-20)17-9-10-19-12-15-22(25)21(19)11-7-5-4-6-8-18-24/h9-10,12,15,19-21,24,26H,2-8,11,13-14,16-18H2,1H3/t19-,21+,23?/m0/s1. The largest absolute Gasteiger partial charge is 0.396 e. The summed E-state index contributed by atoms with van der Waals surface area (Å²) in [6.07, 6.45) is 20.5. The van der Waals surface area contributed by atoms with Crippen LogP contribution in [0.2, 0.25) is 0 Å². The zero-order valence-corrected chi connectivity index (χ0v) is 16.5. The van der Waals surface area contributed by atoms with Crippen molar-refractivity contribution < 1.29 is 15.0 Å². The second-order valence-corrected chi connectivity index (χ2v) is 8.34. The summed E-state index contributed by atoms with van der Waals surface area (Å²) in [6, 6.07) is 0. The lowest BCUT2D eigenvalue weighted by Crippen LogP contribution is -2.30. The SMILES string of the molecule is CCCCC(O)(CC=C[C@H]1C=CC(=O)[C@@H]1CCCCCCCO)C1CC1. The minimum absolute atomic E-state index is 0.0914. The maximum Gasteiger partial charge on any atom is 0.159 e. The summed E-state index contributed by atoms with van der Waals surface area (Å²) in [4.78, 5) is 12.2. The van der Waals surface area contributed by atoms with Gasteiger partial charge in [0.25, 0.3) is 0 Å². The topological polar surface area (TPSA) is 57.5 Å². The Bertz CT molecular complexity index is 478. The molecule has 26 heavy (non-hydrogen) atoms. The van der Waals surface area contributed by atoms with Gasteiger partial charge < -0.3 is 10.2 Å². The van der Waals surface area contributed by atoms with Gasteiger partial charge >= 0.3 is 0 Å². The Morgan fingerprint density at radius 1 is 1.15 bits per heavy atom. The van der Waals surface area contributed by atoms with Crippen LogP contribution in [0.1, 0.15) is 84.0 Å². The lowest BCUT2D eigenvalue weighted by molar-refractivity contribution is -0.118. The van der Waals surface area contributed by atoms with Gasteiger partial charge in [0, 0.05) is 18.4 Å². The minimum Gasteiger partial charge on any atom is -0.396 e. The average Bonchev–Trinajstić information content (AvgIpc) is 3.43. The van der Waals surface area contributed by atoms with Crippen molar-refractivity contribution in [2.75, 3.05) is 6.61 Å². The summed E-state index contributed by atoms with van der Waals surface area (Å²) in [5, 5.41) is 19.8. The highest BCUT2D eigenvalue weighted by Gasteiger charge is 2.42. The maximum atomic E-state index is 12.2. The van der Waals surface area contributed by atoms with Crippen LogP contribution in [-0.4, -0.2) is 28.2 Å². The van der Waals surface area contributed by atoms with Crippen molar-refractivity contribution in [3.05, 3.63) is 24.3 Å². The Labute approximate surface area is 159 Å². The van der Waals surface area contributed by atoms with E-state index in [9.17, 15) is 9.90 Å². The Balaban J connectivity index is 1.77. The average molecular weight is 363 g/mol. The molecule has 0 aliphatic heterocycles. The van der Waals surface area contributed by atoms with Crippen molar-refractivity contribution in [1.82, 2.24) is 0 Å². The predicted molar refractivity (Wildman–Crippen MR) is 107 cm³/mol. The summed E-state index contributed by atoms with van der Waals surface area (Å²) in [7, 11) is 0. The fourth-order valence-corrected chi connectivity index (χ4v) is 4.20. The molecule has 0 saturated heterocycles. The lowest BCUT2D eigenvalue weighted by atomic mass is 9.85. The van der Waals surface area contributed by atoms with Crippen LogP contribution in [0.3, 0.4) is 0 Å². The second kappa shape index (κ2) is 11.0. The molecule has 0 aromatic heterocycles. The number of aliphatic hydroxyl groups is 2. The highest BCUT2D eigenvalue weighted by atomic mass is 16.3. The molecule has 0 radical (unpaired) electrons. The highest BCUT2D eigenvalue weighted by molar-refractivity contribution is 5.94. The molecule has 2 N–H and O–H groups in total. The third-order valence-electron chi connectivity index (χ3n) is 6.12. The molecule has 3 nitrogen and oxygen atoms in total. The van der Waals surface area contributed by atoms with Crippen molar-refractivity contribution in [2.24, 2.45) is 17.8 Å². The lowest BCUT2D eigenvalue weighted by Gasteiger charge is -2.27. The first kappa shape index (κ1) is 21.4. The van der Waals surface area contributed by atoms with Crippen molar-refractivity contribution in [1.29, 1.82) is 0 Å².